The van der Waals surface area contributed by atoms with E-state index in [1.807, 2.05) is 28.7 Å². The lowest BCUT2D eigenvalue weighted by Gasteiger charge is -2.26. The van der Waals surface area contributed by atoms with E-state index in [2.05, 4.69) is 42.0 Å². The van der Waals surface area contributed by atoms with Crippen LogP contribution in [0.4, 0.5) is 5.82 Å². The first-order valence-electron chi connectivity index (χ1n) is 11.4. The second-order valence-corrected chi connectivity index (χ2v) is 9.65. The highest BCUT2D eigenvalue weighted by molar-refractivity contribution is 7.22. The predicted molar refractivity (Wildman–Crippen MR) is 132 cm³/mol. The molecule has 4 aromatic rings. The number of ether oxygens (including phenoxy) is 1. The Morgan fingerprint density at radius 2 is 2.00 bits per heavy atom. The lowest BCUT2D eigenvalue weighted by atomic mass is 10.1. The minimum atomic E-state index is 0.320. The monoisotopic (exact) mass is 466 g/mol. The van der Waals surface area contributed by atoms with Gasteiger partial charge in [0.05, 0.1) is 23.5 Å². The Hall–Kier alpha value is -2.82. The molecule has 1 aliphatic rings. The summed E-state index contributed by atoms with van der Waals surface area (Å²) < 4.78 is 9.41. The fraction of sp³-hybridized carbons (Fsp3) is 0.478. The van der Waals surface area contributed by atoms with Crippen molar-refractivity contribution in [2.45, 2.75) is 26.8 Å². The summed E-state index contributed by atoms with van der Waals surface area (Å²) in [6.45, 7) is 11.7. The van der Waals surface area contributed by atoms with Gasteiger partial charge in [-0.1, -0.05) is 0 Å². The van der Waals surface area contributed by atoms with Gasteiger partial charge in [-0.3, -0.25) is 9.58 Å². The molecule has 0 spiro atoms. The number of rotatable bonds is 7. The average molecular weight is 467 g/mol. The van der Waals surface area contributed by atoms with E-state index in [1.54, 1.807) is 17.5 Å². The van der Waals surface area contributed by atoms with Crippen LogP contribution in [-0.2, 0) is 11.8 Å². The van der Waals surface area contributed by atoms with Crippen molar-refractivity contribution in [1.82, 2.24) is 34.2 Å². The Morgan fingerprint density at radius 3 is 2.70 bits per heavy atom. The summed E-state index contributed by atoms with van der Waals surface area (Å²) >= 11 is 1.66. The van der Waals surface area contributed by atoms with Crippen molar-refractivity contribution in [3.8, 4) is 22.2 Å². The molecule has 0 aliphatic carbocycles. The molecule has 0 radical (unpaired) electrons. The summed E-state index contributed by atoms with van der Waals surface area (Å²) in [6.07, 6.45) is 5.73. The second kappa shape index (κ2) is 9.20. The Morgan fingerprint density at radius 1 is 1.18 bits per heavy atom. The number of hydrogen-bond donors (Lipinski definition) is 1. The maximum Gasteiger partial charge on any atom is 0.199 e. The predicted octanol–water partition coefficient (Wildman–Crippen LogP) is 3.59. The largest absolute Gasteiger partial charge is 0.379 e. The third-order valence-corrected chi connectivity index (χ3v) is 7.21. The molecule has 1 N–H and O–H groups in total. The van der Waals surface area contributed by atoms with Crippen LogP contribution in [0.25, 0.3) is 32.4 Å². The lowest BCUT2D eigenvalue weighted by Crippen LogP contribution is -2.39. The molecule has 0 saturated carbocycles. The first-order valence-corrected chi connectivity index (χ1v) is 12.2. The molecule has 1 fully saturated rings. The highest BCUT2D eigenvalue weighted by Gasteiger charge is 2.21. The summed E-state index contributed by atoms with van der Waals surface area (Å²) in [4.78, 5) is 18.8. The smallest absolute Gasteiger partial charge is 0.199 e. The molecule has 0 bridgehead atoms. The Balaban J connectivity index is 1.53. The van der Waals surface area contributed by atoms with Gasteiger partial charge < -0.3 is 14.6 Å². The third-order valence-electron chi connectivity index (χ3n) is 6.01. The molecular weight excluding hydrogens is 436 g/mol. The third kappa shape index (κ3) is 4.38. The molecule has 4 aromatic heterocycles. The number of nitrogens with one attached hydrogen (secondary N) is 1. The number of imidazole rings is 1. The molecule has 1 saturated heterocycles. The van der Waals surface area contributed by atoms with Gasteiger partial charge in [-0.05, 0) is 32.4 Å². The fourth-order valence-electron chi connectivity index (χ4n) is 4.10. The van der Waals surface area contributed by atoms with Gasteiger partial charge in [0.25, 0.3) is 0 Å². The number of aromatic nitrogens is 6. The zero-order valence-corrected chi connectivity index (χ0v) is 20.4. The van der Waals surface area contributed by atoms with Gasteiger partial charge in [0.2, 0.25) is 0 Å². The maximum absolute atomic E-state index is 5.47. The van der Waals surface area contributed by atoms with Gasteiger partial charge >= 0.3 is 0 Å². The first-order chi connectivity index (χ1) is 16.0. The number of thiophene rings is 1. The van der Waals surface area contributed by atoms with Crippen molar-refractivity contribution in [2.24, 2.45) is 7.05 Å². The van der Waals surface area contributed by atoms with E-state index in [-0.39, 0.29) is 0 Å². The minimum absolute atomic E-state index is 0.320. The first kappa shape index (κ1) is 22.0. The number of hydrogen-bond acceptors (Lipinski definition) is 8. The summed E-state index contributed by atoms with van der Waals surface area (Å²) in [7, 11) is 1.96. The number of anilines is 1. The standard InChI is InChI=1S/C23H30N8OS/c1-15(2)31-8-5-17(28-31)19-16(3)18-20(24-7-10-30-11-13-32-14-12-30)26-21(27-23(18)33-19)22-25-6-9-29(22)4/h5-6,8-9,15H,7,10-14H2,1-4H3,(H,24,26,27). The van der Waals surface area contributed by atoms with Crippen molar-refractivity contribution >= 4 is 27.4 Å². The second-order valence-electron chi connectivity index (χ2n) is 8.65. The molecule has 10 heteroatoms. The van der Waals surface area contributed by atoms with Crippen LogP contribution in [0.5, 0.6) is 0 Å². The van der Waals surface area contributed by atoms with Crippen molar-refractivity contribution in [3.63, 3.8) is 0 Å². The molecule has 1 aliphatic heterocycles. The van der Waals surface area contributed by atoms with Crippen LogP contribution in [0.2, 0.25) is 0 Å². The molecule has 0 atom stereocenters. The maximum atomic E-state index is 5.47. The van der Waals surface area contributed by atoms with Gasteiger partial charge in [-0.2, -0.15) is 5.10 Å². The molecule has 0 unspecified atom stereocenters. The Bertz CT molecular complexity index is 1250. The Kier molecular flexibility index (Phi) is 6.13. The van der Waals surface area contributed by atoms with Crippen LogP contribution in [0, 0.1) is 6.92 Å². The van der Waals surface area contributed by atoms with Crippen LogP contribution in [0.1, 0.15) is 25.5 Å². The van der Waals surface area contributed by atoms with E-state index in [0.717, 1.165) is 77.4 Å². The van der Waals surface area contributed by atoms with Gasteiger partial charge in [0.1, 0.15) is 16.3 Å². The summed E-state index contributed by atoms with van der Waals surface area (Å²) in [5, 5.41) is 9.46. The zero-order chi connectivity index (χ0) is 22.9. The minimum Gasteiger partial charge on any atom is -0.379 e. The summed E-state index contributed by atoms with van der Waals surface area (Å²) in [6, 6.07) is 2.40. The topological polar surface area (TPSA) is 85.9 Å². The van der Waals surface area contributed by atoms with Crippen LogP contribution in [-0.4, -0.2) is 73.6 Å². The summed E-state index contributed by atoms with van der Waals surface area (Å²) in [5.41, 5.74) is 2.13. The number of aryl methyl sites for hydroxylation is 2. The van der Waals surface area contributed by atoms with Crippen molar-refractivity contribution in [2.75, 3.05) is 44.7 Å². The number of fused-ring (bicyclic) bond motifs is 1. The highest BCUT2D eigenvalue weighted by Crippen LogP contribution is 2.40. The fourth-order valence-corrected chi connectivity index (χ4v) is 5.24. The van der Waals surface area contributed by atoms with Gasteiger partial charge in [-0.15, -0.1) is 11.3 Å². The van der Waals surface area contributed by atoms with Crippen molar-refractivity contribution in [3.05, 3.63) is 30.2 Å². The van der Waals surface area contributed by atoms with E-state index >= 15 is 0 Å². The molecule has 0 amide bonds. The SMILES string of the molecule is Cc1c(-c2ccn(C(C)C)n2)sc2nc(-c3nccn3C)nc(NCCN3CCOCC3)c12. The van der Waals surface area contributed by atoms with Crippen LogP contribution in [0.15, 0.2) is 24.7 Å². The van der Waals surface area contributed by atoms with E-state index in [1.165, 1.54) is 0 Å². The van der Waals surface area contributed by atoms with Crippen molar-refractivity contribution in [1.29, 1.82) is 0 Å². The number of morpholine rings is 1. The normalized spacial score (nSPS) is 15.1. The molecule has 33 heavy (non-hydrogen) atoms. The molecule has 5 heterocycles. The van der Waals surface area contributed by atoms with E-state index in [0.29, 0.717) is 11.9 Å². The van der Waals surface area contributed by atoms with Crippen LogP contribution < -0.4 is 5.32 Å². The van der Waals surface area contributed by atoms with Gasteiger partial charge in [-0.25, -0.2) is 15.0 Å². The molecule has 5 rings (SSSR count). The van der Waals surface area contributed by atoms with E-state index < -0.39 is 0 Å². The van der Waals surface area contributed by atoms with E-state index in [9.17, 15) is 0 Å². The quantitative estimate of drug-likeness (QED) is 0.445. The summed E-state index contributed by atoms with van der Waals surface area (Å²) in [5.74, 6) is 2.24. The van der Waals surface area contributed by atoms with Crippen LogP contribution in [0.3, 0.4) is 0 Å². The van der Waals surface area contributed by atoms with Gasteiger partial charge in [0.15, 0.2) is 11.6 Å². The van der Waals surface area contributed by atoms with Crippen molar-refractivity contribution < 1.29 is 4.74 Å². The molecule has 9 nitrogen and oxygen atoms in total. The van der Waals surface area contributed by atoms with E-state index in [4.69, 9.17) is 19.8 Å². The highest BCUT2D eigenvalue weighted by atomic mass is 32.1. The van der Waals surface area contributed by atoms with Gasteiger partial charge in [0, 0.05) is 57.9 Å². The Labute approximate surface area is 197 Å². The average Bonchev–Trinajstić information content (AvgIpc) is 3.53. The molecule has 174 valence electrons. The molecule has 0 aromatic carbocycles. The van der Waals surface area contributed by atoms with Crippen LogP contribution >= 0.6 is 11.3 Å². The lowest BCUT2D eigenvalue weighted by molar-refractivity contribution is 0.0398. The molecular formula is C23H30N8OS. The number of nitrogens with zero attached hydrogens (tertiary/aromatic N) is 7. The zero-order valence-electron chi connectivity index (χ0n) is 19.6.